The van der Waals surface area contributed by atoms with Crippen molar-refractivity contribution >= 4 is 0 Å². The minimum absolute atomic E-state index is 0.267. The maximum atomic E-state index is 12.2. The van der Waals surface area contributed by atoms with Crippen molar-refractivity contribution in [3.63, 3.8) is 0 Å². The van der Waals surface area contributed by atoms with Crippen LogP contribution in [-0.2, 0) is 0 Å². The molecule has 1 unspecified atom stereocenters. The Hall–Kier alpha value is -0.180. The molecule has 0 amide bonds. The minimum Gasteiger partial charge on any atom is -0.309 e. The molecule has 0 aromatic heterocycles. The lowest BCUT2D eigenvalue weighted by atomic mass is 9.89. The van der Waals surface area contributed by atoms with Crippen molar-refractivity contribution in [3.05, 3.63) is 0 Å². The Morgan fingerprint density at radius 3 is 2.31 bits per heavy atom. The van der Waals surface area contributed by atoms with Gasteiger partial charge in [0.1, 0.15) is 0 Å². The van der Waals surface area contributed by atoms with E-state index in [1.807, 2.05) is 0 Å². The van der Waals surface area contributed by atoms with E-state index in [1.165, 1.54) is 25.7 Å². The number of hydrogen-bond acceptors (Lipinski definition) is 1. The van der Waals surface area contributed by atoms with Crippen molar-refractivity contribution in [1.82, 2.24) is 5.32 Å². The summed E-state index contributed by atoms with van der Waals surface area (Å²) in [4.78, 5) is 0. The summed E-state index contributed by atoms with van der Waals surface area (Å²) in [7, 11) is 0. The lowest BCUT2D eigenvalue weighted by Crippen LogP contribution is -2.39. The zero-order valence-corrected chi connectivity index (χ0v) is 8.45. The molecule has 1 saturated carbocycles. The lowest BCUT2D eigenvalue weighted by molar-refractivity contribution is 0.0992. The third kappa shape index (κ3) is 3.22. The summed E-state index contributed by atoms with van der Waals surface area (Å²) < 4.78 is 24.3. The lowest BCUT2D eigenvalue weighted by Gasteiger charge is -2.26. The Morgan fingerprint density at radius 1 is 1.31 bits per heavy atom. The van der Waals surface area contributed by atoms with Gasteiger partial charge >= 0.3 is 0 Å². The molecule has 1 atom stereocenters. The van der Waals surface area contributed by atoms with Crippen LogP contribution in [0.3, 0.4) is 0 Å². The van der Waals surface area contributed by atoms with Gasteiger partial charge in [-0.15, -0.1) is 0 Å². The monoisotopic (exact) mass is 191 g/mol. The Morgan fingerprint density at radius 2 is 1.85 bits per heavy atom. The second kappa shape index (κ2) is 4.36. The van der Waals surface area contributed by atoms with E-state index in [4.69, 9.17) is 0 Å². The highest BCUT2D eigenvalue weighted by Gasteiger charge is 2.29. The molecule has 1 rings (SSSR count). The fourth-order valence-corrected chi connectivity index (χ4v) is 1.90. The summed E-state index contributed by atoms with van der Waals surface area (Å²) in [6, 6.07) is -0.669. The topological polar surface area (TPSA) is 12.0 Å². The van der Waals surface area contributed by atoms with Gasteiger partial charge in [-0.2, -0.15) is 0 Å². The fraction of sp³-hybridized carbons (Fsp3) is 1.00. The zero-order valence-electron chi connectivity index (χ0n) is 8.45. The molecule has 0 bridgehead atoms. The number of halogens is 2. The number of hydrogen-bond donors (Lipinski definition) is 1. The van der Waals surface area contributed by atoms with E-state index in [2.05, 4.69) is 12.2 Å². The summed E-state index contributed by atoms with van der Waals surface area (Å²) in [5.74, 6) is 0. The first kappa shape index (κ1) is 10.9. The number of alkyl halides is 2. The molecule has 78 valence electrons. The van der Waals surface area contributed by atoms with Crippen molar-refractivity contribution in [2.75, 3.05) is 6.54 Å². The van der Waals surface area contributed by atoms with Crippen LogP contribution in [0.2, 0.25) is 0 Å². The molecule has 0 heterocycles. The van der Waals surface area contributed by atoms with Crippen LogP contribution < -0.4 is 5.32 Å². The van der Waals surface area contributed by atoms with Gasteiger partial charge in [0.2, 0.25) is 0 Å². The van der Waals surface area contributed by atoms with Crippen LogP contribution in [0.5, 0.6) is 0 Å². The SMILES string of the molecule is CC(NCC1(C)CCCC1)C(F)F. The van der Waals surface area contributed by atoms with Gasteiger partial charge < -0.3 is 5.32 Å². The van der Waals surface area contributed by atoms with Gasteiger partial charge in [0.15, 0.2) is 0 Å². The van der Waals surface area contributed by atoms with Gasteiger partial charge in [-0.3, -0.25) is 0 Å². The Bertz CT molecular complexity index is 153. The molecular weight excluding hydrogens is 172 g/mol. The van der Waals surface area contributed by atoms with E-state index >= 15 is 0 Å². The summed E-state index contributed by atoms with van der Waals surface area (Å²) in [6.45, 7) is 4.46. The van der Waals surface area contributed by atoms with Gasteiger partial charge in [-0.25, -0.2) is 8.78 Å². The molecule has 1 fully saturated rings. The highest BCUT2D eigenvalue weighted by atomic mass is 19.3. The second-order valence-electron chi connectivity index (χ2n) is 4.52. The first-order valence-electron chi connectivity index (χ1n) is 5.05. The quantitative estimate of drug-likeness (QED) is 0.720. The van der Waals surface area contributed by atoms with Gasteiger partial charge in [-0.05, 0) is 25.2 Å². The second-order valence-corrected chi connectivity index (χ2v) is 4.52. The van der Waals surface area contributed by atoms with Crippen LogP contribution in [0.15, 0.2) is 0 Å². The van der Waals surface area contributed by atoms with E-state index in [1.54, 1.807) is 6.92 Å². The largest absolute Gasteiger partial charge is 0.309 e. The van der Waals surface area contributed by atoms with Crippen molar-refractivity contribution in [2.45, 2.75) is 52.0 Å². The zero-order chi connectivity index (χ0) is 9.90. The van der Waals surface area contributed by atoms with Gasteiger partial charge in [-0.1, -0.05) is 19.8 Å². The van der Waals surface area contributed by atoms with Gasteiger partial charge in [0.05, 0.1) is 6.04 Å². The first-order chi connectivity index (χ1) is 6.03. The average molecular weight is 191 g/mol. The van der Waals surface area contributed by atoms with E-state index in [-0.39, 0.29) is 5.41 Å². The van der Waals surface area contributed by atoms with E-state index < -0.39 is 12.5 Å². The first-order valence-corrected chi connectivity index (χ1v) is 5.05. The van der Waals surface area contributed by atoms with Crippen molar-refractivity contribution in [1.29, 1.82) is 0 Å². The Labute approximate surface area is 78.9 Å². The highest BCUT2D eigenvalue weighted by Crippen LogP contribution is 2.36. The molecule has 0 spiro atoms. The minimum atomic E-state index is -2.25. The van der Waals surface area contributed by atoms with E-state index in [0.717, 1.165) is 6.54 Å². The molecular formula is C10H19F2N. The molecule has 1 nitrogen and oxygen atoms in total. The third-order valence-electron chi connectivity index (χ3n) is 3.04. The summed E-state index contributed by atoms with van der Waals surface area (Å²) >= 11 is 0. The summed E-state index contributed by atoms with van der Waals surface area (Å²) in [6.07, 6.45) is 2.61. The van der Waals surface area contributed by atoms with Gasteiger partial charge in [0.25, 0.3) is 6.43 Å². The molecule has 13 heavy (non-hydrogen) atoms. The van der Waals surface area contributed by atoms with Crippen LogP contribution >= 0.6 is 0 Å². The molecule has 1 N–H and O–H groups in total. The number of rotatable bonds is 4. The van der Waals surface area contributed by atoms with Crippen molar-refractivity contribution in [3.8, 4) is 0 Å². The molecule has 0 aliphatic heterocycles. The summed E-state index contributed by atoms with van der Waals surface area (Å²) in [5, 5.41) is 2.91. The van der Waals surface area contributed by atoms with Gasteiger partial charge in [0, 0.05) is 6.54 Å². The number of nitrogens with one attached hydrogen (secondary N) is 1. The van der Waals surface area contributed by atoms with E-state index in [9.17, 15) is 8.78 Å². The molecule has 1 aliphatic rings. The molecule has 0 radical (unpaired) electrons. The molecule has 0 saturated heterocycles. The Kier molecular flexibility index (Phi) is 3.65. The van der Waals surface area contributed by atoms with E-state index in [0.29, 0.717) is 0 Å². The predicted octanol–water partition coefficient (Wildman–Crippen LogP) is 2.81. The molecule has 3 heteroatoms. The van der Waals surface area contributed by atoms with Crippen LogP contribution in [0, 0.1) is 5.41 Å². The maximum absolute atomic E-state index is 12.2. The summed E-state index contributed by atoms with van der Waals surface area (Å²) in [5.41, 5.74) is 0.267. The molecule has 1 aliphatic carbocycles. The van der Waals surface area contributed by atoms with Crippen LogP contribution in [0.4, 0.5) is 8.78 Å². The predicted molar refractivity (Wildman–Crippen MR) is 50.0 cm³/mol. The maximum Gasteiger partial charge on any atom is 0.253 e. The standard InChI is InChI=1S/C10H19F2N/c1-8(9(11)12)13-7-10(2)5-3-4-6-10/h8-9,13H,3-7H2,1-2H3. The highest BCUT2D eigenvalue weighted by molar-refractivity contribution is 4.83. The van der Waals surface area contributed by atoms with Crippen LogP contribution in [0.1, 0.15) is 39.5 Å². The fourth-order valence-electron chi connectivity index (χ4n) is 1.90. The molecule has 0 aromatic rings. The van der Waals surface area contributed by atoms with Crippen molar-refractivity contribution in [2.24, 2.45) is 5.41 Å². The molecule has 0 aromatic carbocycles. The third-order valence-corrected chi connectivity index (χ3v) is 3.04. The van der Waals surface area contributed by atoms with Crippen molar-refractivity contribution < 1.29 is 8.78 Å². The van der Waals surface area contributed by atoms with Crippen LogP contribution in [0.25, 0.3) is 0 Å². The average Bonchev–Trinajstić information content (AvgIpc) is 2.48. The Balaban J connectivity index is 2.24. The smallest absolute Gasteiger partial charge is 0.253 e. The normalized spacial score (nSPS) is 23.8. The van der Waals surface area contributed by atoms with Crippen LogP contribution in [-0.4, -0.2) is 19.0 Å².